The van der Waals surface area contributed by atoms with Crippen LogP contribution in [0.5, 0.6) is 0 Å². The maximum absolute atomic E-state index is 3.09. The number of hydrogen-bond donors (Lipinski definition) is 1. The molecule has 2 unspecified atom stereocenters. The molecule has 0 bridgehead atoms. The molecule has 2 atom stereocenters. The van der Waals surface area contributed by atoms with E-state index in [0.717, 1.165) is 11.8 Å². The van der Waals surface area contributed by atoms with E-state index < -0.39 is 0 Å². The minimum Gasteiger partial charge on any atom is -0.394 e. The third-order valence-electron chi connectivity index (χ3n) is 2.72. The van der Waals surface area contributed by atoms with Gasteiger partial charge in [-0.1, -0.05) is 5.57 Å². The third-order valence-corrected chi connectivity index (χ3v) is 2.72. The molecule has 0 aromatic carbocycles. The molecule has 0 radical (unpaired) electrons. The monoisotopic (exact) mass is 123 g/mol. The standard InChI is InChI=1S/C8H13N/c1-9-5-7-4-6-2-3-8(6)7/h5-6,8-9H,2-4H2,1H3/b7-5-. The molecule has 0 aromatic rings. The average Bonchev–Trinajstić information content (AvgIpc) is 1.82. The van der Waals surface area contributed by atoms with Crippen LogP contribution < -0.4 is 5.32 Å². The Balaban J connectivity index is 1.96. The van der Waals surface area contributed by atoms with E-state index in [4.69, 9.17) is 0 Å². The Labute approximate surface area is 56.1 Å². The SMILES string of the molecule is CN/C=C1/CC2CCC12. The fraction of sp³-hybridized carbons (Fsp3) is 0.750. The lowest BCUT2D eigenvalue weighted by Gasteiger charge is -2.48. The molecule has 9 heavy (non-hydrogen) atoms. The van der Waals surface area contributed by atoms with Crippen molar-refractivity contribution in [3.05, 3.63) is 11.8 Å². The second-order valence-electron chi connectivity index (χ2n) is 3.16. The molecule has 0 heterocycles. The molecule has 2 saturated carbocycles. The summed E-state index contributed by atoms with van der Waals surface area (Å²) in [4.78, 5) is 0. The molecule has 0 amide bonds. The maximum Gasteiger partial charge on any atom is 0.00276 e. The minimum atomic E-state index is 0.998. The Bertz CT molecular complexity index is 149. The first kappa shape index (κ1) is 5.33. The first-order valence-electron chi connectivity index (χ1n) is 3.78. The number of hydrogen-bond acceptors (Lipinski definition) is 1. The molecule has 50 valence electrons. The number of nitrogens with one attached hydrogen (secondary N) is 1. The van der Waals surface area contributed by atoms with Crippen LogP contribution in [0.15, 0.2) is 11.8 Å². The molecule has 2 rings (SSSR count). The summed E-state index contributed by atoms with van der Waals surface area (Å²) in [5.74, 6) is 2.09. The van der Waals surface area contributed by atoms with E-state index in [-0.39, 0.29) is 0 Å². The smallest absolute Gasteiger partial charge is 0.00276 e. The van der Waals surface area contributed by atoms with Crippen LogP contribution in [0.1, 0.15) is 19.3 Å². The molecule has 2 fully saturated rings. The van der Waals surface area contributed by atoms with Gasteiger partial charge in [0.2, 0.25) is 0 Å². The third kappa shape index (κ3) is 0.606. The van der Waals surface area contributed by atoms with Gasteiger partial charge in [0.15, 0.2) is 0 Å². The molecule has 2 aliphatic rings. The van der Waals surface area contributed by atoms with Crippen LogP contribution in [0.2, 0.25) is 0 Å². The van der Waals surface area contributed by atoms with Crippen molar-refractivity contribution in [2.24, 2.45) is 11.8 Å². The Morgan fingerprint density at radius 1 is 1.56 bits per heavy atom. The predicted octanol–water partition coefficient (Wildman–Crippen LogP) is 1.52. The summed E-state index contributed by atoms with van der Waals surface area (Å²) >= 11 is 0. The van der Waals surface area contributed by atoms with Crippen LogP contribution in [0.25, 0.3) is 0 Å². The second-order valence-corrected chi connectivity index (χ2v) is 3.16. The minimum absolute atomic E-state index is 0.998. The van der Waals surface area contributed by atoms with Crippen LogP contribution in [-0.2, 0) is 0 Å². The van der Waals surface area contributed by atoms with Crippen LogP contribution in [0, 0.1) is 11.8 Å². The summed E-state index contributed by atoms with van der Waals surface area (Å²) in [5.41, 5.74) is 1.66. The lowest BCUT2D eigenvalue weighted by atomic mass is 9.57. The van der Waals surface area contributed by atoms with Crippen molar-refractivity contribution < 1.29 is 0 Å². The molecular formula is C8H13N. The number of allylic oxidation sites excluding steroid dienone is 1. The number of rotatable bonds is 1. The topological polar surface area (TPSA) is 12.0 Å². The first-order valence-corrected chi connectivity index (χ1v) is 3.78. The van der Waals surface area contributed by atoms with Gasteiger partial charge in [-0.05, 0) is 37.3 Å². The molecule has 0 aliphatic heterocycles. The van der Waals surface area contributed by atoms with Crippen molar-refractivity contribution in [2.75, 3.05) is 7.05 Å². The molecule has 1 N–H and O–H groups in total. The summed E-state index contributed by atoms with van der Waals surface area (Å²) in [6.45, 7) is 0. The van der Waals surface area contributed by atoms with Crippen molar-refractivity contribution >= 4 is 0 Å². The molecule has 1 heteroatoms. The highest BCUT2D eigenvalue weighted by atomic mass is 14.8. The van der Waals surface area contributed by atoms with E-state index in [2.05, 4.69) is 11.5 Å². The maximum atomic E-state index is 3.09. The summed E-state index contributed by atoms with van der Waals surface area (Å²) in [5, 5.41) is 3.09. The molecular weight excluding hydrogens is 110 g/mol. The van der Waals surface area contributed by atoms with Gasteiger partial charge in [-0.15, -0.1) is 0 Å². The Hall–Kier alpha value is -0.460. The van der Waals surface area contributed by atoms with Crippen molar-refractivity contribution in [2.45, 2.75) is 19.3 Å². The summed E-state index contributed by atoms with van der Waals surface area (Å²) in [6, 6.07) is 0. The Morgan fingerprint density at radius 2 is 2.44 bits per heavy atom. The van der Waals surface area contributed by atoms with E-state index in [1.807, 2.05) is 7.05 Å². The fourth-order valence-electron chi connectivity index (χ4n) is 1.95. The van der Waals surface area contributed by atoms with Crippen molar-refractivity contribution in [1.29, 1.82) is 0 Å². The lowest BCUT2D eigenvalue weighted by Crippen LogP contribution is -2.38. The van der Waals surface area contributed by atoms with Crippen LogP contribution in [0.3, 0.4) is 0 Å². The van der Waals surface area contributed by atoms with Crippen LogP contribution in [-0.4, -0.2) is 7.05 Å². The molecule has 0 spiro atoms. The van der Waals surface area contributed by atoms with E-state index in [1.54, 1.807) is 5.57 Å². The van der Waals surface area contributed by atoms with Gasteiger partial charge < -0.3 is 5.32 Å². The van der Waals surface area contributed by atoms with Gasteiger partial charge in [0, 0.05) is 7.05 Å². The highest BCUT2D eigenvalue weighted by Crippen LogP contribution is 2.53. The van der Waals surface area contributed by atoms with Crippen LogP contribution >= 0.6 is 0 Å². The van der Waals surface area contributed by atoms with Gasteiger partial charge in [0.1, 0.15) is 0 Å². The molecule has 1 nitrogen and oxygen atoms in total. The van der Waals surface area contributed by atoms with E-state index >= 15 is 0 Å². The fourth-order valence-corrected chi connectivity index (χ4v) is 1.95. The summed E-state index contributed by atoms with van der Waals surface area (Å²) < 4.78 is 0. The normalized spacial score (nSPS) is 43.0. The first-order chi connectivity index (χ1) is 4.42. The van der Waals surface area contributed by atoms with Gasteiger partial charge in [0.05, 0.1) is 0 Å². The molecule has 2 aliphatic carbocycles. The van der Waals surface area contributed by atoms with Gasteiger partial charge in [-0.25, -0.2) is 0 Å². The van der Waals surface area contributed by atoms with Gasteiger partial charge in [-0.2, -0.15) is 0 Å². The quantitative estimate of drug-likeness (QED) is 0.557. The highest BCUT2D eigenvalue weighted by molar-refractivity contribution is 5.22. The molecule has 0 aromatic heterocycles. The van der Waals surface area contributed by atoms with E-state index in [0.29, 0.717) is 0 Å². The van der Waals surface area contributed by atoms with Gasteiger partial charge >= 0.3 is 0 Å². The number of fused-ring (bicyclic) bond motifs is 1. The summed E-state index contributed by atoms with van der Waals surface area (Å²) in [7, 11) is 1.99. The van der Waals surface area contributed by atoms with Crippen molar-refractivity contribution in [3.8, 4) is 0 Å². The summed E-state index contributed by atoms with van der Waals surface area (Å²) in [6.07, 6.45) is 6.51. The lowest BCUT2D eigenvalue weighted by molar-refractivity contribution is 0.131. The molecule has 0 saturated heterocycles. The largest absolute Gasteiger partial charge is 0.394 e. The van der Waals surface area contributed by atoms with Gasteiger partial charge in [0.25, 0.3) is 0 Å². The van der Waals surface area contributed by atoms with E-state index in [1.165, 1.54) is 19.3 Å². The van der Waals surface area contributed by atoms with Crippen LogP contribution in [0.4, 0.5) is 0 Å². The average molecular weight is 123 g/mol. The Morgan fingerprint density at radius 3 is 2.78 bits per heavy atom. The van der Waals surface area contributed by atoms with Crippen molar-refractivity contribution in [3.63, 3.8) is 0 Å². The second kappa shape index (κ2) is 1.76. The van der Waals surface area contributed by atoms with E-state index in [9.17, 15) is 0 Å². The Kier molecular flexibility index (Phi) is 1.04. The zero-order valence-corrected chi connectivity index (χ0v) is 5.85. The zero-order valence-electron chi connectivity index (χ0n) is 5.85. The zero-order chi connectivity index (χ0) is 6.27. The highest BCUT2D eigenvalue weighted by Gasteiger charge is 2.42. The predicted molar refractivity (Wildman–Crippen MR) is 38.0 cm³/mol. The van der Waals surface area contributed by atoms with Crippen molar-refractivity contribution in [1.82, 2.24) is 5.32 Å². The van der Waals surface area contributed by atoms with Gasteiger partial charge in [-0.3, -0.25) is 0 Å².